The van der Waals surface area contributed by atoms with E-state index in [1.54, 1.807) is 12.1 Å². The third-order valence-electron chi connectivity index (χ3n) is 3.59. The molecule has 0 amide bonds. The molecule has 0 saturated carbocycles. The van der Waals surface area contributed by atoms with Gasteiger partial charge in [-0.3, -0.25) is 0 Å². The summed E-state index contributed by atoms with van der Waals surface area (Å²) in [5, 5.41) is 4.07. The topological polar surface area (TPSA) is 77.0 Å². The van der Waals surface area contributed by atoms with Crippen molar-refractivity contribution < 1.29 is 8.81 Å². The third kappa shape index (κ3) is 2.77. The van der Waals surface area contributed by atoms with Gasteiger partial charge in [-0.15, -0.1) is 0 Å². The van der Waals surface area contributed by atoms with Crippen LogP contribution in [0.25, 0.3) is 22.3 Å². The number of hydrogen-bond acceptors (Lipinski definition) is 5. The molecule has 2 aromatic heterocycles. The first-order valence-electron chi connectivity index (χ1n) is 7.31. The number of nitrogens with zero attached hydrogens (tertiary/aromatic N) is 2. The Morgan fingerprint density at radius 1 is 1.00 bits per heavy atom. The lowest BCUT2D eigenvalue weighted by Crippen LogP contribution is -1.96. The average molecular weight is 320 g/mol. The monoisotopic (exact) mass is 320 g/mol. The predicted molar refractivity (Wildman–Crippen MR) is 91.3 cm³/mol. The van der Waals surface area contributed by atoms with Crippen LogP contribution >= 0.6 is 0 Å². The van der Waals surface area contributed by atoms with Gasteiger partial charge in [-0.05, 0) is 36.4 Å². The number of nitrogen functional groups attached to an aromatic ring is 1. The maximum atomic E-state index is 13.4. The Labute approximate surface area is 137 Å². The molecule has 0 radical (unpaired) electrons. The van der Waals surface area contributed by atoms with Crippen molar-refractivity contribution in [3.8, 4) is 11.3 Å². The van der Waals surface area contributed by atoms with Crippen LogP contribution in [0.4, 0.5) is 21.7 Å². The van der Waals surface area contributed by atoms with Crippen molar-refractivity contribution in [2.45, 2.75) is 0 Å². The Bertz CT molecular complexity index is 1030. The molecule has 6 heteroatoms. The van der Waals surface area contributed by atoms with Crippen molar-refractivity contribution in [2.24, 2.45) is 0 Å². The Kier molecular flexibility index (Phi) is 3.35. The number of aromatic nitrogens is 2. The summed E-state index contributed by atoms with van der Waals surface area (Å²) in [6.07, 6.45) is 1.40. The number of fused-ring (bicyclic) bond motifs is 1. The molecule has 2 aromatic carbocycles. The number of rotatable bonds is 3. The fraction of sp³-hybridized carbons (Fsp3) is 0. The summed E-state index contributed by atoms with van der Waals surface area (Å²) in [5.74, 6) is 1.32. The molecule has 3 N–H and O–H groups in total. The maximum absolute atomic E-state index is 13.4. The number of benzene rings is 2. The minimum atomic E-state index is -0.295. The highest BCUT2D eigenvalue weighted by Gasteiger charge is 2.08. The second kappa shape index (κ2) is 5.66. The van der Waals surface area contributed by atoms with E-state index in [0.717, 1.165) is 16.7 Å². The molecule has 5 nitrogen and oxygen atoms in total. The van der Waals surface area contributed by atoms with E-state index in [9.17, 15) is 4.39 Å². The molecule has 0 unspecified atom stereocenters. The SMILES string of the molecule is Nc1cc(Nc2ccc3oc(-c4cccc(F)c4)cc3c2)ncn1. The Morgan fingerprint density at radius 3 is 2.75 bits per heavy atom. The van der Waals surface area contributed by atoms with Crippen molar-refractivity contribution in [2.75, 3.05) is 11.1 Å². The molecule has 118 valence electrons. The van der Waals surface area contributed by atoms with Crippen LogP contribution in [0.2, 0.25) is 0 Å². The maximum Gasteiger partial charge on any atom is 0.135 e. The molecule has 0 atom stereocenters. The summed E-state index contributed by atoms with van der Waals surface area (Å²) in [7, 11) is 0. The first kappa shape index (κ1) is 14.2. The fourth-order valence-corrected chi connectivity index (χ4v) is 2.49. The van der Waals surface area contributed by atoms with Gasteiger partial charge < -0.3 is 15.5 Å². The van der Waals surface area contributed by atoms with Crippen molar-refractivity contribution in [3.05, 3.63) is 66.7 Å². The number of furan rings is 1. The minimum absolute atomic E-state index is 0.295. The summed E-state index contributed by atoms with van der Waals surface area (Å²) < 4.78 is 19.2. The lowest BCUT2D eigenvalue weighted by molar-refractivity contribution is 0.618. The number of nitrogens with one attached hydrogen (secondary N) is 1. The van der Waals surface area contributed by atoms with Gasteiger partial charge in [0.15, 0.2) is 0 Å². The van der Waals surface area contributed by atoms with E-state index >= 15 is 0 Å². The van der Waals surface area contributed by atoms with Gasteiger partial charge in [0.05, 0.1) is 0 Å². The predicted octanol–water partition coefficient (Wildman–Crippen LogP) is 4.35. The molecule has 0 aliphatic carbocycles. The summed E-state index contributed by atoms with van der Waals surface area (Å²) >= 11 is 0. The quantitative estimate of drug-likeness (QED) is 0.586. The number of halogens is 1. The zero-order valence-corrected chi connectivity index (χ0v) is 12.5. The Balaban J connectivity index is 1.68. The van der Waals surface area contributed by atoms with Crippen molar-refractivity contribution in [1.82, 2.24) is 9.97 Å². The second-order valence-corrected chi connectivity index (χ2v) is 5.33. The molecule has 0 aliphatic rings. The normalized spacial score (nSPS) is 10.9. The Hall–Kier alpha value is -3.41. The molecule has 4 aromatic rings. The average Bonchev–Trinajstić information content (AvgIpc) is 2.98. The van der Waals surface area contributed by atoms with E-state index in [1.807, 2.05) is 30.3 Å². The van der Waals surface area contributed by atoms with Gasteiger partial charge in [-0.1, -0.05) is 12.1 Å². The van der Waals surface area contributed by atoms with Crippen molar-refractivity contribution >= 4 is 28.3 Å². The summed E-state index contributed by atoms with van der Waals surface area (Å²) in [5.41, 5.74) is 7.91. The molecule has 4 rings (SSSR count). The van der Waals surface area contributed by atoms with Gasteiger partial charge in [-0.2, -0.15) is 0 Å². The highest BCUT2D eigenvalue weighted by Crippen LogP contribution is 2.30. The number of nitrogens with two attached hydrogens (primary N) is 1. The van der Waals surface area contributed by atoms with Crippen LogP contribution in [0.3, 0.4) is 0 Å². The number of hydrogen-bond donors (Lipinski definition) is 2. The first-order valence-corrected chi connectivity index (χ1v) is 7.31. The smallest absolute Gasteiger partial charge is 0.135 e. The van der Waals surface area contributed by atoms with E-state index in [4.69, 9.17) is 10.2 Å². The summed E-state index contributed by atoms with van der Waals surface area (Å²) in [4.78, 5) is 7.97. The van der Waals surface area contributed by atoms with Crippen LogP contribution < -0.4 is 11.1 Å². The molecule has 2 heterocycles. The molecule has 0 bridgehead atoms. The molecule has 0 spiro atoms. The first-order chi connectivity index (χ1) is 11.7. The summed E-state index contributed by atoms with van der Waals surface area (Å²) in [6.45, 7) is 0. The fourth-order valence-electron chi connectivity index (χ4n) is 2.49. The van der Waals surface area contributed by atoms with Gasteiger partial charge in [-0.25, -0.2) is 14.4 Å². The molecule has 0 fully saturated rings. The third-order valence-corrected chi connectivity index (χ3v) is 3.59. The van der Waals surface area contributed by atoms with Gasteiger partial charge in [0, 0.05) is 22.7 Å². The van der Waals surface area contributed by atoms with Crippen molar-refractivity contribution in [3.63, 3.8) is 0 Å². The van der Waals surface area contributed by atoms with Gasteiger partial charge in [0.1, 0.15) is 35.1 Å². The van der Waals surface area contributed by atoms with E-state index < -0.39 is 0 Å². The minimum Gasteiger partial charge on any atom is -0.456 e. The summed E-state index contributed by atoms with van der Waals surface area (Å²) in [6, 6.07) is 15.5. The van der Waals surface area contributed by atoms with E-state index in [1.165, 1.54) is 18.5 Å². The zero-order chi connectivity index (χ0) is 16.5. The van der Waals surface area contributed by atoms with Crippen molar-refractivity contribution in [1.29, 1.82) is 0 Å². The van der Waals surface area contributed by atoms with Gasteiger partial charge in [0.2, 0.25) is 0 Å². The highest BCUT2D eigenvalue weighted by molar-refractivity contribution is 5.86. The largest absolute Gasteiger partial charge is 0.456 e. The highest BCUT2D eigenvalue weighted by atomic mass is 19.1. The van der Waals surface area contributed by atoms with Gasteiger partial charge >= 0.3 is 0 Å². The second-order valence-electron chi connectivity index (χ2n) is 5.33. The lowest BCUT2D eigenvalue weighted by Gasteiger charge is -2.05. The van der Waals surface area contributed by atoms with E-state index in [0.29, 0.717) is 23.0 Å². The van der Waals surface area contributed by atoms with E-state index in [-0.39, 0.29) is 5.82 Å². The van der Waals surface area contributed by atoms with Crippen LogP contribution in [-0.4, -0.2) is 9.97 Å². The molecular weight excluding hydrogens is 307 g/mol. The van der Waals surface area contributed by atoms with Crippen LogP contribution in [0.1, 0.15) is 0 Å². The Morgan fingerprint density at radius 2 is 1.92 bits per heavy atom. The van der Waals surface area contributed by atoms with E-state index in [2.05, 4.69) is 15.3 Å². The van der Waals surface area contributed by atoms with Crippen LogP contribution in [0.5, 0.6) is 0 Å². The molecule has 0 aliphatic heterocycles. The molecule has 24 heavy (non-hydrogen) atoms. The standard InChI is InChI=1S/C18H13FN4O/c19-13-3-1-2-11(6-13)16-8-12-7-14(4-5-15(12)24-16)23-18-9-17(20)21-10-22-18/h1-10H,(H3,20,21,22,23). The van der Waals surface area contributed by atoms with Crippen LogP contribution in [0.15, 0.2) is 65.3 Å². The molecule has 0 saturated heterocycles. The molecular formula is C18H13FN4O. The lowest BCUT2D eigenvalue weighted by atomic mass is 10.1. The van der Waals surface area contributed by atoms with Gasteiger partial charge in [0.25, 0.3) is 0 Å². The van der Waals surface area contributed by atoms with Crippen LogP contribution in [-0.2, 0) is 0 Å². The van der Waals surface area contributed by atoms with Crippen LogP contribution in [0, 0.1) is 5.82 Å². The number of anilines is 3. The zero-order valence-electron chi connectivity index (χ0n) is 12.5.